The molecule has 1 fully saturated rings. The van der Waals surface area contributed by atoms with Crippen molar-refractivity contribution in [3.05, 3.63) is 30.1 Å². The number of hydrogen-bond acceptors (Lipinski definition) is 4. The maximum absolute atomic E-state index is 11.9. The molecule has 0 aromatic carbocycles. The van der Waals surface area contributed by atoms with Gasteiger partial charge in [0.25, 0.3) is 0 Å². The first-order valence-electron chi connectivity index (χ1n) is 6.46. The number of aryl methyl sites for hydroxylation is 1. The Bertz CT molecular complexity index is 518. The molecular formula is C13H18N2O3S. The molecule has 1 saturated carbocycles. The van der Waals surface area contributed by atoms with E-state index in [0.717, 1.165) is 5.56 Å². The number of hydrogen-bond donors (Lipinski definition) is 1. The third-order valence-corrected chi connectivity index (χ3v) is 4.73. The fourth-order valence-corrected chi connectivity index (χ4v) is 3.54. The lowest BCUT2D eigenvalue weighted by molar-refractivity contribution is -0.120. The highest BCUT2D eigenvalue weighted by Gasteiger charge is 2.23. The van der Waals surface area contributed by atoms with Crippen LogP contribution >= 0.6 is 0 Å². The number of aromatic nitrogens is 1. The summed E-state index contributed by atoms with van der Waals surface area (Å²) in [5.74, 6) is 0.300. The number of ketones is 1. The van der Waals surface area contributed by atoms with Crippen LogP contribution in [0.15, 0.2) is 24.5 Å². The molecule has 1 aliphatic carbocycles. The highest BCUT2D eigenvalue weighted by Crippen LogP contribution is 2.15. The maximum Gasteiger partial charge on any atom is 0.212 e. The minimum Gasteiger partial charge on any atom is -0.300 e. The Balaban J connectivity index is 1.83. The maximum atomic E-state index is 11.9. The molecule has 104 valence electrons. The molecule has 0 spiro atoms. The molecule has 19 heavy (non-hydrogen) atoms. The van der Waals surface area contributed by atoms with Gasteiger partial charge >= 0.3 is 0 Å². The molecule has 1 aromatic heterocycles. The first-order valence-corrected chi connectivity index (χ1v) is 8.11. The largest absolute Gasteiger partial charge is 0.300 e. The summed E-state index contributed by atoms with van der Waals surface area (Å²) in [5.41, 5.74) is 0.958. The van der Waals surface area contributed by atoms with Gasteiger partial charge in [-0.2, -0.15) is 0 Å². The molecule has 0 atom stereocenters. The van der Waals surface area contributed by atoms with E-state index >= 15 is 0 Å². The summed E-state index contributed by atoms with van der Waals surface area (Å²) in [5, 5.41) is 0. The van der Waals surface area contributed by atoms with E-state index in [0.29, 0.717) is 32.1 Å². The van der Waals surface area contributed by atoms with Crippen molar-refractivity contribution in [1.82, 2.24) is 9.71 Å². The van der Waals surface area contributed by atoms with Crippen LogP contribution < -0.4 is 4.72 Å². The summed E-state index contributed by atoms with van der Waals surface area (Å²) < 4.78 is 26.6. The van der Waals surface area contributed by atoms with Gasteiger partial charge in [-0.05, 0) is 37.0 Å². The van der Waals surface area contributed by atoms with Crippen molar-refractivity contribution in [2.45, 2.75) is 38.1 Å². The molecule has 1 N–H and O–H groups in total. The summed E-state index contributed by atoms with van der Waals surface area (Å²) in [6.45, 7) is 0. The average Bonchev–Trinajstić information content (AvgIpc) is 2.40. The van der Waals surface area contributed by atoms with E-state index in [9.17, 15) is 13.2 Å². The second-order valence-corrected chi connectivity index (χ2v) is 6.73. The van der Waals surface area contributed by atoms with Gasteiger partial charge in [-0.1, -0.05) is 0 Å². The van der Waals surface area contributed by atoms with Gasteiger partial charge in [0, 0.05) is 31.3 Å². The lowest BCUT2D eigenvalue weighted by Gasteiger charge is -2.21. The molecule has 1 aliphatic rings. The van der Waals surface area contributed by atoms with Crippen LogP contribution in [0.5, 0.6) is 0 Å². The number of carbonyl (C=O) groups is 1. The van der Waals surface area contributed by atoms with Crippen LogP contribution in [-0.4, -0.2) is 31.0 Å². The van der Waals surface area contributed by atoms with Crippen molar-refractivity contribution in [1.29, 1.82) is 0 Å². The van der Waals surface area contributed by atoms with Crippen molar-refractivity contribution < 1.29 is 13.2 Å². The molecule has 0 radical (unpaired) electrons. The van der Waals surface area contributed by atoms with Crippen molar-refractivity contribution in [3.8, 4) is 0 Å². The van der Waals surface area contributed by atoms with Crippen LogP contribution in [0.4, 0.5) is 0 Å². The Morgan fingerprint density at radius 3 is 2.47 bits per heavy atom. The average molecular weight is 282 g/mol. The van der Waals surface area contributed by atoms with E-state index in [4.69, 9.17) is 0 Å². The highest BCUT2D eigenvalue weighted by atomic mass is 32.2. The van der Waals surface area contributed by atoms with E-state index < -0.39 is 10.0 Å². The number of carbonyl (C=O) groups excluding carboxylic acids is 1. The highest BCUT2D eigenvalue weighted by molar-refractivity contribution is 7.89. The third-order valence-electron chi connectivity index (χ3n) is 3.30. The fourth-order valence-electron chi connectivity index (χ4n) is 2.17. The minimum absolute atomic E-state index is 0.0709. The minimum atomic E-state index is -3.28. The molecular weight excluding hydrogens is 264 g/mol. The molecule has 6 heteroatoms. The number of sulfonamides is 1. The summed E-state index contributed by atoms with van der Waals surface area (Å²) in [7, 11) is -3.28. The van der Waals surface area contributed by atoms with Gasteiger partial charge in [0.15, 0.2) is 0 Å². The Morgan fingerprint density at radius 1 is 1.21 bits per heavy atom. The lowest BCUT2D eigenvalue weighted by atomic mass is 9.95. The molecule has 0 bridgehead atoms. The lowest BCUT2D eigenvalue weighted by Crippen LogP contribution is -2.39. The summed E-state index contributed by atoms with van der Waals surface area (Å²) in [6, 6.07) is 3.55. The second-order valence-electron chi connectivity index (χ2n) is 4.86. The zero-order valence-corrected chi connectivity index (χ0v) is 11.5. The van der Waals surface area contributed by atoms with Crippen LogP contribution in [0.3, 0.4) is 0 Å². The van der Waals surface area contributed by atoms with Crippen molar-refractivity contribution in [2.24, 2.45) is 0 Å². The molecule has 0 aliphatic heterocycles. The third kappa shape index (κ3) is 4.72. The predicted octanol–water partition coefficient (Wildman–Crippen LogP) is 1.06. The SMILES string of the molecule is O=C1CCC(NS(=O)(=O)CCc2ccncc2)CC1. The Hall–Kier alpha value is -1.27. The second kappa shape index (κ2) is 6.25. The van der Waals surface area contributed by atoms with Gasteiger partial charge in [-0.25, -0.2) is 13.1 Å². The van der Waals surface area contributed by atoms with E-state index in [2.05, 4.69) is 9.71 Å². The number of Topliss-reactive ketones (excluding diaryl/α,β-unsaturated/α-hetero) is 1. The van der Waals surface area contributed by atoms with Crippen LogP contribution in [0.2, 0.25) is 0 Å². The van der Waals surface area contributed by atoms with E-state index in [1.165, 1.54) is 0 Å². The van der Waals surface area contributed by atoms with Gasteiger partial charge in [0.1, 0.15) is 5.78 Å². The zero-order chi connectivity index (χ0) is 13.7. The number of pyridine rings is 1. The standard InChI is InChI=1S/C13H18N2O3S/c16-13-3-1-12(2-4-13)15-19(17,18)10-7-11-5-8-14-9-6-11/h5-6,8-9,12,15H,1-4,7,10H2. The Morgan fingerprint density at radius 2 is 1.84 bits per heavy atom. The van der Waals surface area contributed by atoms with E-state index in [-0.39, 0.29) is 17.6 Å². The Kier molecular flexibility index (Phi) is 4.66. The smallest absolute Gasteiger partial charge is 0.212 e. The number of nitrogens with zero attached hydrogens (tertiary/aromatic N) is 1. The molecule has 2 rings (SSSR count). The molecule has 0 amide bonds. The van der Waals surface area contributed by atoms with E-state index in [1.54, 1.807) is 12.4 Å². The summed E-state index contributed by atoms with van der Waals surface area (Å²) in [4.78, 5) is 15.0. The number of nitrogens with one attached hydrogen (secondary N) is 1. The molecule has 5 nitrogen and oxygen atoms in total. The Labute approximate surface area is 113 Å². The van der Waals surface area contributed by atoms with Crippen LogP contribution in [0, 0.1) is 0 Å². The molecule has 0 unspecified atom stereocenters. The van der Waals surface area contributed by atoms with Crippen molar-refractivity contribution in [2.75, 3.05) is 5.75 Å². The van der Waals surface area contributed by atoms with Crippen LogP contribution in [0.25, 0.3) is 0 Å². The number of rotatable bonds is 5. The van der Waals surface area contributed by atoms with Gasteiger partial charge in [-0.3, -0.25) is 9.78 Å². The fraction of sp³-hybridized carbons (Fsp3) is 0.538. The van der Waals surface area contributed by atoms with Gasteiger partial charge < -0.3 is 0 Å². The van der Waals surface area contributed by atoms with Gasteiger partial charge in [0.05, 0.1) is 5.75 Å². The molecule has 0 saturated heterocycles. The topological polar surface area (TPSA) is 76.1 Å². The summed E-state index contributed by atoms with van der Waals surface area (Å²) in [6.07, 6.45) is 5.99. The van der Waals surface area contributed by atoms with Crippen LogP contribution in [-0.2, 0) is 21.2 Å². The first kappa shape index (κ1) is 14.1. The van der Waals surface area contributed by atoms with Crippen molar-refractivity contribution >= 4 is 15.8 Å². The monoisotopic (exact) mass is 282 g/mol. The molecule has 1 heterocycles. The first-order chi connectivity index (χ1) is 9.05. The van der Waals surface area contributed by atoms with Crippen LogP contribution in [0.1, 0.15) is 31.2 Å². The molecule has 1 aromatic rings. The summed E-state index contributed by atoms with van der Waals surface area (Å²) >= 11 is 0. The zero-order valence-electron chi connectivity index (χ0n) is 10.7. The van der Waals surface area contributed by atoms with Gasteiger partial charge in [0.2, 0.25) is 10.0 Å². The predicted molar refractivity (Wildman–Crippen MR) is 72.1 cm³/mol. The normalized spacial score (nSPS) is 17.6. The quantitative estimate of drug-likeness (QED) is 0.876. The van der Waals surface area contributed by atoms with Gasteiger partial charge in [-0.15, -0.1) is 0 Å². The van der Waals surface area contributed by atoms with E-state index in [1.807, 2.05) is 12.1 Å². The van der Waals surface area contributed by atoms with Crippen molar-refractivity contribution in [3.63, 3.8) is 0 Å².